The molecule has 2 amide bonds. The Kier molecular flexibility index (Phi) is 8.27. The van der Waals surface area contributed by atoms with Gasteiger partial charge in [-0.05, 0) is 48.1 Å². The van der Waals surface area contributed by atoms with Crippen molar-refractivity contribution in [2.75, 3.05) is 26.8 Å². The molecule has 0 unspecified atom stereocenters. The maximum atomic E-state index is 14.8. The largest absolute Gasteiger partial charge is 0.471 e. The minimum absolute atomic E-state index is 0.125. The van der Waals surface area contributed by atoms with Gasteiger partial charge in [-0.1, -0.05) is 23.7 Å². The molecule has 0 spiro atoms. The average molecular weight is 558 g/mol. The third-order valence-electron chi connectivity index (χ3n) is 6.68. The van der Waals surface area contributed by atoms with Crippen molar-refractivity contribution in [2.24, 2.45) is 0 Å². The van der Waals surface area contributed by atoms with Crippen LogP contribution in [0, 0.1) is 11.6 Å². The van der Waals surface area contributed by atoms with Gasteiger partial charge in [0.25, 0.3) is 5.91 Å². The first-order valence-corrected chi connectivity index (χ1v) is 12.3. The molecule has 0 atom stereocenters. The van der Waals surface area contributed by atoms with E-state index in [4.69, 9.17) is 16.3 Å². The second-order valence-corrected chi connectivity index (χ2v) is 9.49. The smallest absolute Gasteiger partial charge is 0.383 e. The Hall–Kier alpha value is -3.18. The van der Waals surface area contributed by atoms with Crippen LogP contribution < -0.4 is 5.32 Å². The van der Waals surface area contributed by atoms with Gasteiger partial charge in [0.2, 0.25) is 0 Å². The van der Waals surface area contributed by atoms with Gasteiger partial charge in [-0.25, -0.2) is 8.78 Å². The van der Waals surface area contributed by atoms with Crippen molar-refractivity contribution < 1.29 is 36.3 Å². The Morgan fingerprint density at radius 3 is 2.45 bits per heavy atom. The van der Waals surface area contributed by atoms with Crippen molar-refractivity contribution in [1.29, 1.82) is 0 Å². The van der Waals surface area contributed by atoms with Crippen LogP contribution in [0.25, 0.3) is 10.9 Å². The Balaban J connectivity index is 1.49. The molecule has 0 bridgehead atoms. The topological polar surface area (TPSA) is 63.6 Å². The van der Waals surface area contributed by atoms with E-state index in [-0.39, 0.29) is 35.9 Å². The number of methoxy groups -OCH3 is 1. The molecule has 1 aliphatic rings. The van der Waals surface area contributed by atoms with Gasteiger partial charge in [0.05, 0.1) is 22.7 Å². The first-order chi connectivity index (χ1) is 18.0. The molecule has 12 heteroatoms. The van der Waals surface area contributed by atoms with Crippen molar-refractivity contribution in [3.8, 4) is 0 Å². The normalized spacial score (nSPS) is 14.8. The zero-order valence-electron chi connectivity index (χ0n) is 20.4. The molecule has 1 fully saturated rings. The lowest BCUT2D eigenvalue weighted by molar-refractivity contribution is -0.173. The molecule has 4 rings (SSSR count). The maximum Gasteiger partial charge on any atom is 0.471 e. The molecule has 2 heterocycles. The average Bonchev–Trinajstić information content (AvgIpc) is 3.29. The van der Waals surface area contributed by atoms with Crippen LogP contribution in [-0.4, -0.2) is 54.3 Å². The van der Waals surface area contributed by atoms with E-state index in [0.717, 1.165) is 6.07 Å². The van der Waals surface area contributed by atoms with E-state index in [2.05, 4.69) is 0 Å². The fourth-order valence-corrected chi connectivity index (χ4v) is 5.02. The summed E-state index contributed by atoms with van der Waals surface area (Å²) >= 11 is 6.33. The van der Waals surface area contributed by atoms with Crippen LogP contribution >= 0.6 is 11.6 Å². The van der Waals surface area contributed by atoms with Crippen LogP contribution in [0.2, 0.25) is 5.02 Å². The number of nitrogens with one attached hydrogen (secondary N) is 1. The fraction of sp³-hybridized carbons (Fsp3) is 0.385. The van der Waals surface area contributed by atoms with Crippen LogP contribution in [0.15, 0.2) is 36.5 Å². The molecular weight excluding hydrogens is 533 g/mol. The zero-order chi connectivity index (χ0) is 27.6. The monoisotopic (exact) mass is 557 g/mol. The summed E-state index contributed by atoms with van der Waals surface area (Å²) in [7, 11) is 1.53. The van der Waals surface area contributed by atoms with Crippen LogP contribution in [0.3, 0.4) is 0 Å². The van der Waals surface area contributed by atoms with Crippen molar-refractivity contribution in [1.82, 2.24) is 14.8 Å². The van der Waals surface area contributed by atoms with Gasteiger partial charge in [0.1, 0.15) is 11.6 Å². The van der Waals surface area contributed by atoms with E-state index >= 15 is 0 Å². The number of alkyl halides is 3. The zero-order valence-corrected chi connectivity index (χ0v) is 21.1. The standard InChI is InChI=1S/C26H25ClF5N3O3/c1-38-11-10-35-14-18(22-21(29)5-3-19(27)23(22)35)24(36)34-8-6-16(7-9-34)17-12-15(2-4-20(17)28)13-33-25(37)26(30,31)32/h2-5,12,14,16H,6-11,13H2,1H3,(H,33,37). The van der Waals surface area contributed by atoms with Crippen LogP contribution in [0.4, 0.5) is 22.0 Å². The lowest BCUT2D eigenvalue weighted by atomic mass is 9.88. The molecule has 0 saturated carbocycles. The number of benzene rings is 2. The predicted molar refractivity (Wildman–Crippen MR) is 131 cm³/mol. The molecule has 2 aromatic carbocycles. The van der Waals surface area contributed by atoms with Gasteiger partial charge in [-0.3, -0.25) is 9.59 Å². The minimum atomic E-state index is -5.01. The summed E-state index contributed by atoms with van der Waals surface area (Å²) in [5.41, 5.74) is 1.21. The third-order valence-corrected chi connectivity index (χ3v) is 6.98. The van der Waals surface area contributed by atoms with Crippen LogP contribution in [-0.2, 0) is 22.6 Å². The second-order valence-electron chi connectivity index (χ2n) is 9.08. The number of piperidine rings is 1. The Bertz CT molecular complexity index is 1350. The van der Waals surface area contributed by atoms with E-state index in [1.807, 2.05) is 0 Å². The van der Waals surface area contributed by atoms with E-state index < -0.39 is 30.3 Å². The number of hydrogen-bond acceptors (Lipinski definition) is 3. The van der Waals surface area contributed by atoms with Crippen molar-refractivity contribution in [2.45, 2.75) is 38.0 Å². The molecule has 1 saturated heterocycles. The van der Waals surface area contributed by atoms with Gasteiger partial charge in [-0.15, -0.1) is 0 Å². The number of hydrogen-bond donors (Lipinski definition) is 1. The van der Waals surface area contributed by atoms with Gasteiger partial charge < -0.3 is 19.5 Å². The summed E-state index contributed by atoms with van der Waals surface area (Å²) in [6.07, 6.45) is -2.66. The van der Waals surface area contributed by atoms with Crippen LogP contribution in [0.5, 0.6) is 0 Å². The number of nitrogens with zero attached hydrogens (tertiary/aromatic N) is 2. The first-order valence-electron chi connectivity index (χ1n) is 11.9. The number of carbonyl (C=O) groups is 2. The van der Waals surface area contributed by atoms with Gasteiger partial charge in [0, 0.05) is 44.9 Å². The number of likely N-dealkylation sites (tertiary alicyclic amines) is 1. The van der Waals surface area contributed by atoms with Gasteiger partial charge >= 0.3 is 12.1 Å². The van der Waals surface area contributed by atoms with Crippen molar-refractivity contribution in [3.05, 3.63) is 69.9 Å². The van der Waals surface area contributed by atoms with Gasteiger partial charge in [0.15, 0.2) is 0 Å². The predicted octanol–water partition coefficient (Wildman–Crippen LogP) is 5.42. The molecule has 1 aromatic heterocycles. The summed E-state index contributed by atoms with van der Waals surface area (Å²) in [5, 5.41) is 2.21. The van der Waals surface area contributed by atoms with E-state index in [9.17, 15) is 31.5 Å². The first kappa shape index (κ1) is 27.8. The highest BCUT2D eigenvalue weighted by molar-refractivity contribution is 6.35. The van der Waals surface area contributed by atoms with Crippen molar-refractivity contribution >= 4 is 34.3 Å². The minimum Gasteiger partial charge on any atom is -0.383 e. The van der Waals surface area contributed by atoms with Crippen molar-refractivity contribution in [3.63, 3.8) is 0 Å². The Morgan fingerprint density at radius 1 is 1.11 bits per heavy atom. The molecule has 0 aliphatic carbocycles. The third kappa shape index (κ3) is 5.78. The molecule has 3 aromatic rings. The number of ether oxygens (including phenoxy) is 1. The number of amides is 2. The molecule has 0 radical (unpaired) electrons. The Morgan fingerprint density at radius 2 is 1.79 bits per heavy atom. The molecular formula is C26H25ClF5N3O3. The molecule has 1 aliphatic heterocycles. The van der Waals surface area contributed by atoms with E-state index in [1.165, 1.54) is 31.4 Å². The number of carbonyl (C=O) groups excluding carboxylic acids is 2. The number of aromatic nitrogens is 1. The number of fused-ring (bicyclic) bond motifs is 1. The molecule has 204 valence electrons. The highest BCUT2D eigenvalue weighted by Gasteiger charge is 2.38. The number of rotatable bonds is 7. The highest BCUT2D eigenvalue weighted by Crippen LogP contribution is 2.34. The lowest BCUT2D eigenvalue weighted by Crippen LogP contribution is -2.38. The Labute approximate surface area is 220 Å². The fourth-order valence-electron chi connectivity index (χ4n) is 4.75. The molecule has 38 heavy (non-hydrogen) atoms. The quantitative estimate of drug-likeness (QED) is 0.395. The SMILES string of the molecule is COCCn1cc(C(=O)N2CCC(c3cc(CNC(=O)C(F)(F)F)ccc3F)CC2)c2c(F)ccc(Cl)c21. The van der Waals surface area contributed by atoms with Crippen LogP contribution in [0.1, 0.15) is 40.2 Å². The van der Waals surface area contributed by atoms with E-state index in [1.54, 1.807) is 21.0 Å². The molecule has 1 N–H and O–H groups in total. The lowest BCUT2D eigenvalue weighted by Gasteiger charge is -2.32. The number of halogens is 6. The molecule has 6 nitrogen and oxygen atoms in total. The summed E-state index contributed by atoms with van der Waals surface area (Å²) in [6.45, 7) is 0.838. The summed E-state index contributed by atoms with van der Waals surface area (Å²) in [6, 6.07) is 6.55. The van der Waals surface area contributed by atoms with E-state index in [0.29, 0.717) is 47.7 Å². The van der Waals surface area contributed by atoms with Gasteiger partial charge in [-0.2, -0.15) is 13.2 Å². The highest BCUT2D eigenvalue weighted by atomic mass is 35.5. The summed E-state index contributed by atoms with van der Waals surface area (Å²) < 4.78 is 73.6. The maximum absolute atomic E-state index is 14.8. The summed E-state index contributed by atoms with van der Waals surface area (Å²) in [5.74, 6) is -3.83. The summed E-state index contributed by atoms with van der Waals surface area (Å²) in [4.78, 5) is 26.1. The second kappa shape index (κ2) is 11.3.